The largest absolute Gasteiger partial charge is 0.426 e. The Balaban J connectivity index is 1.89. The molecule has 8 nitrogen and oxygen atoms in total. The number of carbonyl (C=O) groups excluding carboxylic acids is 1. The molecule has 1 aromatic heterocycles. The summed E-state index contributed by atoms with van der Waals surface area (Å²) in [5.41, 5.74) is -5.10. The number of aliphatic imine (C=N–C) groups is 1. The summed E-state index contributed by atoms with van der Waals surface area (Å²) < 4.78 is 87.3. The summed E-state index contributed by atoms with van der Waals surface area (Å²) in [5.74, 6) is -2.79. The molecular weight excluding hydrogens is 591 g/mol. The molecule has 1 N–H and O–H groups in total. The lowest BCUT2D eigenvalue weighted by Crippen LogP contribution is -2.58. The highest BCUT2D eigenvalue weighted by Gasteiger charge is 2.61. The van der Waals surface area contributed by atoms with Crippen LogP contribution in [0.4, 0.5) is 26.7 Å². The van der Waals surface area contributed by atoms with Gasteiger partial charge in [-0.25, -0.2) is 28.5 Å². The fourth-order valence-corrected chi connectivity index (χ4v) is 4.41. The van der Waals surface area contributed by atoms with Crippen molar-refractivity contribution in [2.45, 2.75) is 56.8 Å². The number of rotatable bonds is 8. The zero-order valence-electron chi connectivity index (χ0n) is 23.0. The minimum atomic E-state index is -5.03. The number of alkyl halides is 3. The van der Waals surface area contributed by atoms with Gasteiger partial charge >= 0.3 is 12.3 Å². The van der Waals surface area contributed by atoms with E-state index in [1.807, 2.05) is 0 Å². The number of benzene rings is 1. The van der Waals surface area contributed by atoms with Crippen LogP contribution in [0.3, 0.4) is 0 Å². The Bertz CT molecular complexity index is 1320. The van der Waals surface area contributed by atoms with Crippen LogP contribution in [0.15, 0.2) is 35.6 Å². The SMILES string of the molecule is C[C@@]1(c2cc(/C=C(\F)c3cnc(Cl)cn3)ccc2F)CO[C@@](C)(C(F)(F)F)C(OC(=O)NCOCC[Si](C)(C)C)=N1. The first-order valence-electron chi connectivity index (χ1n) is 12.4. The molecule has 0 unspecified atom stereocenters. The van der Waals surface area contributed by atoms with Crippen molar-refractivity contribution < 1.29 is 41.0 Å². The maximum atomic E-state index is 15.0. The molecule has 224 valence electrons. The second kappa shape index (κ2) is 12.5. The Hall–Kier alpha value is -2.94. The summed E-state index contributed by atoms with van der Waals surface area (Å²) in [6.07, 6.45) is -3.02. The van der Waals surface area contributed by atoms with E-state index in [1.54, 1.807) is 0 Å². The van der Waals surface area contributed by atoms with Gasteiger partial charge in [-0.3, -0.25) is 5.32 Å². The second-order valence-electron chi connectivity index (χ2n) is 10.9. The quantitative estimate of drug-likeness (QED) is 0.152. The number of amides is 1. The minimum absolute atomic E-state index is 0.0563. The smallest absolute Gasteiger partial charge is 0.392 e. The van der Waals surface area contributed by atoms with E-state index in [0.29, 0.717) is 13.5 Å². The van der Waals surface area contributed by atoms with Crippen molar-refractivity contribution in [2.75, 3.05) is 19.9 Å². The van der Waals surface area contributed by atoms with Gasteiger partial charge < -0.3 is 14.2 Å². The van der Waals surface area contributed by atoms with E-state index < -0.39 is 55.6 Å². The number of ether oxygens (including phenoxy) is 3. The summed E-state index contributed by atoms with van der Waals surface area (Å²) in [5, 5.41) is 2.28. The van der Waals surface area contributed by atoms with Gasteiger partial charge in [0.15, 0.2) is 5.83 Å². The minimum Gasteiger partial charge on any atom is -0.392 e. The molecule has 2 atom stereocenters. The van der Waals surface area contributed by atoms with Gasteiger partial charge in [0.25, 0.3) is 0 Å². The molecule has 0 radical (unpaired) electrons. The van der Waals surface area contributed by atoms with Crippen molar-refractivity contribution in [1.82, 2.24) is 15.3 Å². The van der Waals surface area contributed by atoms with Crippen molar-refractivity contribution >= 4 is 43.6 Å². The highest BCUT2D eigenvalue weighted by molar-refractivity contribution is 6.76. The van der Waals surface area contributed by atoms with Crippen molar-refractivity contribution in [3.05, 3.63) is 58.4 Å². The average molecular weight is 621 g/mol. The van der Waals surface area contributed by atoms with Crippen LogP contribution in [0.5, 0.6) is 0 Å². The molecule has 0 spiro atoms. The van der Waals surface area contributed by atoms with E-state index in [-0.39, 0.29) is 28.7 Å². The molecule has 15 heteroatoms. The van der Waals surface area contributed by atoms with Crippen LogP contribution in [0.2, 0.25) is 30.8 Å². The monoisotopic (exact) mass is 620 g/mol. The highest BCUT2D eigenvalue weighted by Crippen LogP contribution is 2.43. The lowest BCUT2D eigenvalue weighted by atomic mass is 9.89. The van der Waals surface area contributed by atoms with Crippen molar-refractivity contribution in [3.8, 4) is 0 Å². The van der Waals surface area contributed by atoms with Crippen LogP contribution in [0, 0.1) is 5.82 Å². The number of alkyl carbamates (subject to hydrolysis) is 1. The molecule has 41 heavy (non-hydrogen) atoms. The van der Waals surface area contributed by atoms with E-state index in [2.05, 4.69) is 39.9 Å². The number of carbonyl (C=O) groups is 1. The lowest BCUT2D eigenvalue weighted by Gasteiger charge is -2.41. The average Bonchev–Trinajstić information content (AvgIpc) is 2.86. The summed E-state index contributed by atoms with van der Waals surface area (Å²) in [4.78, 5) is 24.0. The molecule has 0 saturated heterocycles. The van der Waals surface area contributed by atoms with E-state index in [9.17, 15) is 22.4 Å². The first kappa shape index (κ1) is 32.6. The van der Waals surface area contributed by atoms with Crippen LogP contribution < -0.4 is 5.32 Å². The predicted octanol–water partition coefficient (Wildman–Crippen LogP) is 6.74. The Morgan fingerprint density at radius 3 is 2.54 bits per heavy atom. The topological polar surface area (TPSA) is 94.9 Å². The van der Waals surface area contributed by atoms with Gasteiger partial charge in [0.1, 0.15) is 28.9 Å². The molecule has 0 bridgehead atoms. The zero-order valence-corrected chi connectivity index (χ0v) is 24.8. The predicted molar refractivity (Wildman–Crippen MR) is 146 cm³/mol. The summed E-state index contributed by atoms with van der Waals surface area (Å²) in [7, 11) is -1.39. The fraction of sp³-hybridized carbons (Fsp3) is 0.462. The van der Waals surface area contributed by atoms with Gasteiger partial charge in [-0.05, 0) is 43.7 Å². The third-order valence-corrected chi connectivity index (χ3v) is 8.07. The number of hydrogen-bond acceptors (Lipinski definition) is 7. The number of aromatic nitrogens is 2. The highest BCUT2D eigenvalue weighted by atomic mass is 35.5. The summed E-state index contributed by atoms with van der Waals surface area (Å²) >= 11 is 5.67. The molecule has 1 aliphatic heterocycles. The Morgan fingerprint density at radius 2 is 1.93 bits per heavy atom. The maximum absolute atomic E-state index is 15.0. The van der Waals surface area contributed by atoms with Gasteiger partial charge in [0.2, 0.25) is 11.5 Å². The molecule has 0 saturated carbocycles. The van der Waals surface area contributed by atoms with Gasteiger partial charge in [-0.2, -0.15) is 13.2 Å². The molecular formula is C26H30ClF5N4O4Si. The first-order chi connectivity index (χ1) is 18.9. The maximum Gasteiger partial charge on any atom is 0.426 e. The van der Waals surface area contributed by atoms with Gasteiger partial charge in [0.05, 0.1) is 19.0 Å². The van der Waals surface area contributed by atoms with Crippen LogP contribution in [0.1, 0.15) is 30.7 Å². The van der Waals surface area contributed by atoms with Crippen LogP contribution >= 0.6 is 11.6 Å². The van der Waals surface area contributed by atoms with Gasteiger partial charge in [-0.1, -0.05) is 37.3 Å². The lowest BCUT2D eigenvalue weighted by molar-refractivity contribution is -0.253. The van der Waals surface area contributed by atoms with Gasteiger partial charge in [-0.15, -0.1) is 0 Å². The van der Waals surface area contributed by atoms with E-state index in [0.717, 1.165) is 30.6 Å². The Kier molecular flexibility index (Phi) is 9.94. The third-order valence-electron chi connectivity index (χ3n) is 6.17. The van der Waals surface area contributed by atoms with Crippen molar-refractivity contribution in [2.24, 2.45) is 4.99 Å². The number of nitrogens with one attached hydrogen (secondary N) is 1. The molecule has 1 aliphatic rings. The zero-order chi connectivity index (χ0) is 30.6. The summed E-state index contributed by atoms with van der Waals surface area (Å²) in [6.45, 7) is 7.68. The van der Waals surface area contributed by atoms with Crippen molar-refractivity contribution in [3.63, 3.8) is 0 Å². The first-order valence-corrected chi connectivity index (χ1v) is 16.5. The second-order valence-corrected chi connectivity index (χ2v) is 16.9. The van der Waals surface area contributed by atoms with E-state index >= 15 is 4.39 Å². The van der Waals surface area contributed by atoms with Crippen molar-refractivity contribution in [1.29, 1.82) is 0 Å². The third kappa shape index (κ3) is 8.30. The number of nitrogens with zero attached hydrogens (tertiary/aromatic N) is 3. The number of halogens is 6. The van der Waals surface area contributed by atoms with E-state index in [4.69, 9.17) is 25.8 Å². The van der Waals surface area contributed by atoms with Gasteiger partial charge in [0, 0.05) is 20.2 Å². The molecule has 1 amide bonds. The normalized spacial score (nSPS) is 21.8. The Labute approximate surface area is 240 Å². The molecule has 2 heterocycles. The molecule has 2 aromatic rings. The van der Waals surface area contributed by atoms with Crippen LogP contribution in [-0.4, -0.2) is 61.8 Å². The fourth-order valence-electron chi connectivity index (χ4n) is 3.56. The Morgan fingerprint density at radius 1 is 1.22 bits per heavy atom. The summed E-state index contributed by atoms with van der Waals surface area (Å²) in [6, 6.07) is 4.27. The van der Waals surface area contributed by atoms with Crippen LogP contribution in [0.25, 0.3) is 11.9 Å². The molecule has 0 fully saturated rings. The number of hydrogen-bond donors (Lipinski definition) is 1. The molecule has 3 rings (SSSR count). The molecule has 1 aromatic carbocycles. The van der Waals surface area contributed by atoms with Crippen LogP contribution in [-0.2, 0) is 19.7 Å². The molecule has 0 aliphatic carbocycles. The standard InChI is InChI=1S/C26H30ClF5N4O4Si/c1-24(17-10-16(6-7-18(17)28)11-19(29)20-12-34-21(27)13-33-20)14-39-25(2,26(30,31)32)22(36-24)40-23(37)35-15-38-8-9-41(3,4)5/h6-7,10-13H,8-9,14-15H2,1-5H3,(H,35,37)/b19-11-/t24-,25+/m0/s1. The van der Waals surface area contributed by atoms with E-state index in [1.165, 1.54) is 19.1 Å².